The molecule has 1 rings (SSSR count). The second kappa shape index (κ2) is 4.52. The van der Waals surface area contributed by atoms with Gasteiger partial charge in [0.15, 0.2) is 0 Å². The molecule has 1 fully saturated rings. The summed E-state index contributed by atoms with van der Waals surface area (Å²) in [6.45, 7) is 0. The fourth-order valence-corrected chi connectivity index (χ4v) is 1.49. The predicted octanol–water partition coefficient (Wildman–Crippen LogP) is -0.579. The molecule has 11 heavy (non-hydrogen) atoms. The number of carbonyl (C=O) groups is 1. The molecule has 0 heterocycles. The Labute approximate surface area is 67.4 Å². The fourth-order valence-electron chi connectivity index (χ4n) is 1.49. The van der Waals surface area contributed by atoms with E-state index in [1.165, 1.54) is 0 Å². The maximum atomic E-state index is 10.00. The zero-order valence-electron chi connectivity index (χ0n) is 6.62. The van der Waals surface area contributed by atoms with Crippen molar-refractivity contribution < 1.29 is 9.90 Å². The zero-order chi connectivity index (χ0) is 8.10. The Morgan fingerprint density at radius 2 is 2.00 bits per heavy atom. The Balaban J connectivity index is 2.12. The molecule has 1 aliphatic rings. The number of hydrogen-bond donors (Lipinski definition) is 2. The van der Waals surface area contributed by atoms with E-state index in [0.717, 1.165) is 31.9 Å². The van der Waals surface area contributed by atoms with Crippen LogP contribution < -0.4 is 5.23 Å². The van der Waals surface area contributed by atoms with Crippen LogP contribution in [0.25, 0.3) is 0 Å². The monoisotopic (exact) mass is 155 g/mol. The van der Waals surface area contributed by atoms with Crippen LogP contribution in [0, 0.1) is 0 Å². The lowest BCUT2D eigenvalue weighted by Crippen LogP contribution is -2.37. The van der Waals surface area contributed by atoms with E-state index < -0.39 is 0 Å². The Kier molecular flexibility index (Phi) is 3.59. The summed E-state index contributed by atoms with van der Waals surface area (Å²) in [7, 11) is 0.445. The molecule has 3 nitrogen and oxygen atoms in total. The molecule has 0 amide bonds. The van der Waals surface area contributed by atoms with Gasteiger partial charge in [0.2, 0.25) is 0 Å². The Morgan fingerprint density at radius 3 is 2.55 bits per heavy atom. The smallest absolute Gasteiger partial charge is 0.278 e. The lowest BCUT2D eigenvalue weighted by atomic mass is 9.88. The molecule has 0 aromatic heterocycles. The van der Waals surface area contributed by atoms with Crippen LogP contribution in [-0.4, -0.2) is 30.9 Å². The highest BCUT2D eigenvalue weighted by atomic mass is 16.3. The third-order valence-electron chi connectivity index (χ3n) is 2.19. The summed E-state index contributed by atoms with van der Waals surface area (Å²) in [6.07, 6.45) is 4.51. The van der Waals surface area contributed by atoms with E-state index >= 15 is 0 Å². The van der Waals surface area contributed by atoms with Crippen LogP contribution in [0.2, 0.25) is 0 Å². The van der Waals surface area contributed by atoms with E-state index in [-0.39, 0.29) is 6.10 Å². The summed E-state index contributed by atoms with van der Waals surface area (Å²) in [4.78, 5) is 10.00. The summed E-state index contributed by atoms with van der Waals surface area (Å²) in [5.74, 6) is 0. The van der Waals surface area contributed by atoms with Gasteiger partial charge in [-0.15, -0.1) is 0 Å². The van der Waals surface area contributed by atoms with Crippen molar-refractivity contribution in [3.8, 4) is 0 Å². The first-order chi connectivity index (χ1) is 5.33. The lowest BCUT2D eigenvalue weighted by Gasteiger charge is -2.25. The molecule has 0 spiro atoms. The van der Waals surface area contributed by atoms with Crippen molar-refractivity contribution in [3.05, 3.63) is 0 Å². The summed E-state index contributed by atoms with van der Waals surface area (Å²) in [5.41, 5.74) is 0. The topological polar surface area (TPSA) is 49.3 Å². The van der Waals surface area contributed by atoms with Crippen LogP contribution in [0.3, 0.4) is 0 Å². The van der Waals surface area contributed by atoms with Gasteiger partial charge in [0, 0.05) is 0 Å². The van der Waals surface area contributed by atoms with E-state index in [1.807, 2.05) is 0 Å². The van der Waals surface area contributed by atoms with Crippen molar-refractivity contribution in [1.82, 2.24) is 5.23 Å². The molecule has 4 heteroatoms. The van der Waals surface area contributed by atoms with Crippen molar-refractivity contribution in [2.24, 2.45) is 0 Å². The van der Waals surface area contributed by atoms with Crippen LogP contribution in [0.4, 0.5) is 0 Å². The van der Waals surface area contributed by atoms with E-state index in [0.29, 0.717) is 13.5 Å². The van der Waals surface area contributed by atoms with Crippen molar-refractivity contribution in [2.45, 2.75) is 37.8 Å². The van der Waals surface area contributed by atoms with Crippen molar-refractivity contribution in [1.29, 1.82) is 0 Å². The van der Waals surface area contributed by atoms with E-state index in [4.69, 9.17) is 5.11 Å². The lowest BCUT2D eigenvalue weighted by molar-refractivity contribution is 0.121. The van der Waals surface area contributed by atoms with Gasteiger partial charge in [-0.1, -0.05) is 0 Å². The van der Waals surface area contributed by atoms with Gasteiger partial charge in [0.25, 0.3) is 7.41 Å². The number of rotatable bonds is 3. The van der Waals surface area contributed by atoms with Crippen molar-refractivity contribution >= 4 is 13.6 Å². The van der Waals surface area contributed by atoms with Crippen LogP contribution in [0.1, 0.15) is 25.7 Å². The Hall–Kier alpha value is -0.345. The molecule has 0 saturated heterocycles. The van der Waals surface area contributed by atoms with Gasteiger partial charge in [-0.2, -0.15) is 0 Å². The standard InChI is InChI=1S/C7H14BNO2/c10-5-8-9-6-1-3-7(11)4-2-6/h5-9,11H,1-4H2/t6-,7-. The van der Waals surface area contributed by atoms with Crippen LogP contribution >= 0.6 is 0 Å². The van der Waals surface area contributed by atoms with Gasteiger partial charge in [-0.05, 0) is 31.7 Å². The summed E-state index contributed by atoms with van der Waals surface area (Å²) < 4.78 is 0. The number of hydrogen-bond acceptors (Lipinski definition) is 3. The molecule has 0 radical (unpaired) electrons. The zero-order valence-corrected chi connectivity index (χ0v) is 6.62. The second-order valence-corrected chi connectivity index (χ2v) is 3.08. The molecule has 0 aromatic carbocycles. The van der Waals surface area contributed by atoms with E-state index in [2.05, 4.69) is 5.23 Å². The maximum absolute atomic E-state index is 10.00. The first-order valence-corrected chi connectivity index (χ1v) is 4.18. The fraction of sp³-hybridized carbons (Fsp3) is 0.857. The van der Waals surface area contributed by atoms with Gasteiger partial charge in [-0.3, -0.25) is 0 Å². The minimum absolute atomic E-state index is 0.107. The third kappa shape index (κ3) is 3.03. The van der Waals surface area contributed by atoms with Crippen LogP contribution in [0.15, 0.2) is 0 Å². The largest absolute Gasteiger partial charge is 0.393 e. The van der Waals surface area contributed by atoms with Gasteiger partial charge in [-0.25, -0.2) is 0 Å². The quantitative estimate of drug-likeness (QED) is 0.423. The average Bonchev–Trinajstić information content (AvgIpc) is 2.04. The number of aliphatic hydroxyl groups excluding tert-OH is 1. The molecule has 62 valence electrons. The van der Waals surface area contributed by atoms with E-state index in [9.17, 15) is 4.79 Å². The minimum atomic E-state index is -0.107. The third-order valence-corrected chi connectivity index (χ3v) is 2.19. The number of carbonyl (C=O) groups excluding carboxylic acids is 1. The normalized spacial score (nSPS) is 31.4. The molecule has 1 saturated carbocycles. The molecular formula is C7H14BNO2. The molecule has 2 N–H and O–H groups in total. The van der Waals surface area contributed by atoms with Gasteiger partial charge in [0.05, 0.1) is 12.3 Å². The van der Waals surface area contributed by atoms with E-state index in [1.54, 1.807) is 0 Å². The summed E-state index contributed by atoms with van der Waals surface area (Å²) in [5, 5.41) is 12.3. The number of aliphatic hydroxyl groups is 1. The average molecular weight is 155 g/mol. The number of nitrogens with one attached hydrogen (secondary N) is 1. The summed E-state index contributed by atoms with van der Waals surface area (Å²) in [6, 6.07) is 0.448. The van der Waals surface area contributed by atoms with Gasteiger partial charge < -0.3 is 15.1 Å². The van der Waals surface area contributed by atoms with Crippen molar-refractivity contribution in [2.75, 3.05) is 0 Å². The minimum Gasteiger partial charge on any atom is -0.393 e. The Bertz CT molecular complexity index is 124. The molecule has 0 bridgehead atoms. The molecule has 0 aromatic rings. The summed E-state index contributed by atoms with van der Waals surface area (Å²) >= 11 is 0. The SMILES string of the molecule is O=CBN[C@H]1CC[C@H](O)CC1. The first-order valence-electron chi connectivity index (χ1n) is 4.18. The van der Waals surface area contributed by atoms with Crippen LogP contribution in [-0.2, 0) is 4.79 Å². The molecular weight excluding hydrogens is 141 g/mol. The molecule has 0 aliphatic heterocycles. The predicted molar refractivity (Wildman–Crippen MR) is 45.3 cm³/mol. The Morgan fingerprint density at radius 1 is 1.36 bits per heavy atom. The van der Waals surface area contributed by atoms with Crippen molar-refractivity contribution in [3.63, 3.8) is 0 Å². The molecule has 1 aliphatic carbocycles. The van der Waals surface area contributed by atoms with Gasteiger partial charge in [0.1, 0.15) is 0 Å². The molecule has 0 unspecified atom stereocenters. The van der Waals surface area contributed by atoms with Gasteiger partial charge >= 0.3 is 0 Å². The van der Waals surface area contributed by atoms with Crippen LogP contribution in [0.5, 0.6) is 0 Å². The first kappa shape index (κ1) is 8.75. The highest BCUT2D eigenvalue weighted by Crippen LogP contribution is 2.17. The second-order valence-electron chi connectivity index (χ2n) is 3.08. The highest BCUT2D eigenvalue weighted by molar-refractivity contribution is 6.64. The maximum Gasteiger partial charge on any atom is 0.278 e. The molecule has 0 atom stereocenters. The highest BCUT2D eigenvalue weighted by Gasteiger charge is 2.18.